The molecule has 0 saturated heterocycles. The number of rotatable bonds is 9. The molecule has 2 rings (SSSR count). The van der Waals surface area contributed by atoms with Crippen molar-refractivity contribution in [1.82, 2.24) is 15.3 Å². The molecule has 0 fully saturated rings. The minimum absolute atomic E-state index is 0. The van der Waals surface area contributed by atoms with Crippen molar-refractivity contribution < 1.29 is 0 Å². The molecule has 0 amide bonds. The van der Waals surface area contributed by atoms with Gasteiger partial charge >= 0.3 is 0 Å². The highest BCUT2D eigenvalue weighted by atomic mass is 35.5. The average molecular weight is 330 g/mol. The number of halogens is 2. The summed E-state index contributed by atoms with van der Waals surface area (Å²) in [6.07, 6.45) is 9.59. The van der Waals surface area contributed by atoms with Gasteiger partial charge in [-0.25, -0.2) is 4.98 Å². The van der Waals surface area contributed by atoms with Crippen molar-refractivity contribution in [2.75, 3.05) is 13.1 Å². The Morgan fingerprint density at radius 2 is 1.67 bits per heavy atom. The Kier molecular flexibility index (Phi) is 12.1. The number of aromatic amines is 1. The fraction of sp³-hybridized carbons (Fsp3) is 0.438. The molecule has 0 unspecified atom stereocenters. The zero-order chi connectivity index (χ0) is 13.2. The molecule has 0 aliphatic carbocycles. The Morgan fingerprint density at radius 1 is 0.905 bits per heavy atom. The van der Waals surface area contributed by atoms with E-state index in [-0.39, 0.29) is 24.8 Å². The summed E-state index contributed by atoms with van der Waals surface area (Å²) < 4.78 is 0. The van der Waals surface area contributed by atoms with Gasteiger partial charge in [-0.15, -0.1) is 24.8 Å². The SMILES string of the molecule is Cl.Cl.c1ccc(CCCCNCCCc2cnc[nH]2)cc1. The number of nitrogens with one attached hydrogen (secondary N) is 2. The summed E-state index contributed by atoms with van der Waals surface area (Å²) in [6, 6.07) is 10.7. The molecule has 0 aliphatic heterocycles. The first kappa shape index (κ1) is 20.0. The van der Waals surface area contributed by atoms with E-state index in [1.807, 2.05) is 6.20 Å². The highest BCUT2D eigenvalue weighted by Crippen LogP contribution is 2.03. The third-order valence-corrected chi connectivity index (χ3v) is 3.27. The van der Waals surface area contributed by atoms with Crippen LogP contribution < -0.4 is 5.32 Å². The molecule has 1 aromatic heterocycles. The van der Waals surface area contributed by atoms with Gasteiger partial charge in [-0.05, 0) is 50.8 Å². The lowest BCUT2D eigenvalue weighted by atomic mass is 10.1. The number of H-pyrrole nitrogens is 1. The summed E-state index contributed by atoms with van der Waals surface area (Å²) in [5.41, 5.74) is 2.67. The minimum Gasteiger partial charge on any atom is -0.348 e. The number of imidazole rings is 1. The van der Waals surface area contributed by atoms with Crippen LogP contribution in [0.15, 0.2) is 42.9 Å². The standard InChI is InChI=1S/C16H23N3.2ClH/c1-2-7-15(8-3-1)9-4-5-11-17-12-6-10-16-13-18-14-19-16;;/h1-3,7-8,13-14,17H,4-6,9-12H2,(H,18,19);2*1H. The van der Waals surface area contributed by atoms with Gasteiger partial charge in [-0.3, -0.25) is 0 Å². The molecule has 2 N–H and O–H groups in total. The van der Waals surface area contributed by atoms with Crippen LogP contribution in [0.1, 0.15) is 30.5 Å². The highest BCUT2D eigenvalue weighted by Gasteiger charge is 1.95. The van der Waals surface area contributed by atoms with Crippen molar-refractivity contribution in [2.24, 2.45) is 0 Å². The van der Waals surface area contributed by atoms with Crippen molar-refractivity contribution in [3.63, 3.8) is 0 Å². The van der Waals surface area contributed by atoms with Crippen molar-refractivity contribution >= 4 is 24.8 Å². The van der Waals surface area contributed by atoms with Crippen LogP contribution in [0.25, 0.3) is 0 Å². The summed E-state index contributed by atoms with van der Waals surface area (Å²) in [5, 5.41) is 3.50. The second kappa shape index (κ2) is 12.7. The predicted octanol–water partition coefficient (Wildman–Crippen LogP) is 3.80. The smallest absolute Gasteiger partial charge is 0.0921 e. The molecule has 5 heteroatoms. The summed E-state index contributed by atoms with van der Waals surface area (Å²) in [6.45, 7) is 2.21. The van der Waals surface area contributed by atoms with Gasteiger partial charge in [-0.1, -0.05) is 30.3 Å². The van der Waals surface area contributed by atoms with Crippen LogP contribution in [0.5, 0.6) is 0 Å². The van der Waals surface area contributed by atoms with E-state index in [1.54, 1.807) is 6.33 Å². The van der Waals surface area contributed by atoms with Crippen LogP contribution in [0.2, 0.25) is 0 Å². The van der Waals surface area contributed by atoms with Gasteiger partial charge in [0.2, 0.25) is 0 Å². The summed E-state index contributed by atoms with van der Waals surface area (Å²) >= 11 is 0. The maximum Gasteiger partial charge on any atom is 0.0921 e. The van der Waals surface area contributed by atoms with Gasteiger partial charge in [0.15, 0.2) is 0 Å². The van der Waals surface area contributed by atoms with Crippen LogP contribution in [0.4, 0.5) is 0 Å². The molecule has 0 spiro atoms. The maximum atomic E-state index is 4.01. The minimum atomic E-state index is 0. The fourth-order valence-electron chi connectivity index (χ4n) is 2.17. The van der Waals surface area contributed by atoms with E-state index < -0.39 is 0 Å². The van der Waals surface area contributed by atoms with Gasteiger partial charge in [-0.2, -0.15) is 0 Å². The number of nitrogens with zero attached hydrogens (tertiary/aromatic N) is 1. The van der Waals surface area contributed by atoms with E-state index in [0.29, 0.717) is 0 Å². The largest absolute Gasteiger partial charge is 0.348 e. The first-order chi connectivity index (χ1) is 9.45. The number of aryl methyl sites for hydroxylation is 2. The second-order valence-corrected chi connectivity index (χ2v) is 4.87. The highest BCUT2D eigenvalue weighted by molar-refractivity contribution is 5.85. The molecule has 0 atom stereocenters. The van der Waals surface area contributed by atoms with Gasteiger partial charge in [0.25, 0.3) is 0 Å². The Labute approximate surface area is 139 Å². The van der Waals surface area contributed by atoms with Crippen molar-refractivity contribution in [1.29, 1.82) is 0 Å². The van der Waals surface area contributed by atoms with Crippen LogP contribution in [0.3, 0.4) is 0 Å². The lowest BCUT2D eigenvalue weighted by Crippen LogP contribution is -2.17. The molecule has 1 aromatic carbocycles. The molecule has 0 aliphatic rings. The Hall–Kier alpha value is -1.03. The second-order valence-electron chi connectivity index (χ2n) is 4.87. The molecule has 3 nitrogen and oxygen atoms in total. The van der Waals surface area contributed by atoms with E-state index in [1.165, 1.54) is 36.9 Å². The van der Waals surface area contributed by atoms with E-state index >= 15 is 0 Å². The molecular formula is C16H25Cl2N3. The monoisotopic (exact) mass is 329 g/mol. The maximum absolute atomic E-state index is 4.01. The Balaban J connectivity index is 0.00000200. The number of hydrogen-bond donors (Lipinski definition) is 2. The molecule has 2 aromatic rings. The normalized spacial score (nSPS) is 9.71. The Bertz CT molecular complexity index is 432. The van der Waals surface area contributed by atoms with Crippen molar-refractivity contribution in [3.8, 4) is 0 Å². The van der Waals surface area contributed by atoms with Crippen LogP contribution in [-0.4, -0.2) is 23.1 Å². The van der Waals surface area contributed by atoms with Gasteiger partial charge in [0.1, 0.15) is 0 Å². The van der Waals surface area contributed by atoms with E-state index in [9.17, 15) is 0 Å². The zero-order valence-corrected chi connectivity index (χ0v) is 13.9. The van der Waals surface area contributed by atoms with E-state index in [2.05, 4.69) is 45.6 Å². The molecule has 118 valence electrons. The van der Waals surface area contributed by atoms with Gasteiger partial charge < -0.3 is 10.3 Å². The van der Waals surface area contributed by atoms with Crippen molar-refractivity contribution in [2.45, 2.75) is 32.1 Å². The van der Waals surface area contributed by atoms with Gasteiger partial charge in [0.05, 0.1) is 6.33 Å². The quantitative estimate of drug-likeness (QED) is 0.687. The lowest BCUT2D eigenvalue weighted by Gasteiger charge is -2.04. The molecule has 0 bridgehead atoms. The number of hydrogen-bond acceptors (Lipinski definition) is 2. The van der Waals surface area contributed by atoms with E-state index in [4.69, 9.17) is 0 Å². The van der Waals surface area contributed by atoms with Crippen molar-refractivity contribution in [3.05, 3.63) is 54.1 Å². The van der Waals surface area contributed by atoms with Gasteiger partial charge in [0, 0.05) is 11.9 Å². The molecular weight excluding hydrogens is 305 g/mol. The molecule has 0 radical (unpaired) electrons. The average Bonchev–Trinajstić information content (AvgIpc) is 2.96. The summed E-state index contributed by atoms with van der Waals surface area (Å²) in [7, 11) is 0. The Morgan fingerprint density at radius 3 is 2.38 bits per heavy atom. The van der Waals surface area contributed by atoms with Crippen LogP contribution in [0, 0.1) is 0 Å². The van der Waals surface area contributed by atoms with Crippen LogP contribution >= 0.6 is 24.8 Å². The number of aromatic nitrogens is 2. The predicted molar refractivity (Wildman–Crippen MR) is 93.7 cm³/mol. The fourth-order valence-corrected chi connectivity index (χ4v) is 2.17. The summed E-state index contributed by atoms with van der Waals surface area (Å²) in [4.78, 5) is 7.14. The third-order valence-electron chi connectivity index (χ3n) is 3.27. The third kappa shape index (κ3) is 8.76. The zero-order valence-electron chi connectivity index (χ0n) is 12.3. The molecule has 1 heterocycles. The topological polar surface area (TPSA) is 40.7 Å². The summed E-state index contributed by atoms with van der Waals surface area (Å²) in [5.74, 6) is 0. The molecule has 21 heavy (non-hydrogen) atoms. The first-order valence-corrected chi connectivity index (χ1v) is 7.17. The van der Waals surface area contributed by atoms with Crippen LogP contribution in [-0.2, 0) is 12.8 Å². The lowest BCUT2D eigenvalue weighted by molar-refractivity contribution is 0.602. The number of unbranched alkanes of at least 4 members (excludes halogenated alkanes) is 1. The van der Waals surface area contributed by atoms with E-state index in [0.717, 1.165) is 19.5 Å². The number of benzene rings is 1. The molecule has 0 saturated carbocycles. The first-order valence-electron chi connectivity index (χ1n) is 7.17.